The monoisotopic (exact) mass is 400 g/mol. The number of nitrogen functional groups attached to an aromatic ring is 1. The Bertz CT molecular complexity index is 1230. The highest BCUT2D eigenvalue weighted by atomic mass is 16.4. The van der Waals surface area contributed by atoms with E-state index >= 15 is 0 Å². The fraction of sp³-hybridized carbons (Fsp3) is 0.118. The predicted molar refractivity (Wildman–Crippen MR) is 100 cm³/mol. The summed E-state index contributed by atoms with van der Waals surface area (Å²) in [6.07, 6.45) is 1.01. The molecule has 0 spiro atoms. The Kier molecular flexibility index (Phi) is 5.44. The second-order valence-corrected chi connectivity index (χ2v) is 5.89. The van der Waals surface area contributed by atoms with Gasteiger partial charge in [0.2, 0.25) is 0 Å². The number of anilines is 1. The minimum atomic E-state index is -0.862. The van der Waals surface area contributed by atoms with Gasteiger partial charge in [-0.1, -0.05) is 24.3 Å². The van der Waals surface area contributed by atoms with Crippen LogP contribution in [0.15, 0.2) is 49.3 Å². The third kappa shape index (κ3) is 4.50. The van der Waals surface area contributed by atoms with Crippen molar-refractivity contribution < 1.29 is 14.0 Å². The van der Waals surface area contributed by atoms with E-state index in [0.29, 0.717) is 11.1 Å². The third-order valence-corrected chi connectivity index (χ3v) is 3.97. The number of nitrogens with two attached hydrogens (primary N) is 1. The number of rotatable bonds is 6. The van der Waals surface area contributed by atoms with Crippen molar-refractivity contribution in [3.05, 3.63) is 84.4 Å². The van der Waals surface area contributed by atoms with E-state index < -0.39 is 34.5 Å². The van der Waals surface area contributed by atoms with Crippen molar-refractivity contribution in [1.82, 2.24) is 25.6 Å². The molecule has 2 heterocycles. The molecule has 0 fully saturated rings. The van der Waals surface area contributed by atoms with E-state index in [1.165, 1.54) is 0 Å². The molecule has 1 aromatic carbocycles. The van der Waals surface area contributed by atoms with E-state index in [2.05, 4.69) is 25.0 Å². The van der Waals surface area contributed by atoms with Gasteiger partial charge in [0.15, 0.2) is 0 Å². The van der Waals surface area contributed by atoms with Crippen molar-refractivity contribution in [1.29, 1.82) is 0 Å². The van der Waals surface area contributed by atoms with Crippen LogP contribution in [0.3, 0.4) is 0 Å². The van der Waals surface area contributed by atoms with E-state index in [0.717, 1.165) is 6.26 Å². The average molecular weight is 400 g/mol. The first-order valence-electron chi connectivity index (χ1n) is 8.28. The maximum absolute atomic E-state index is 12.3. The quantitative estimate of drug-likeness (QED) is 0.298. The molecule has 2 amide bonds. The van der Waals surface area contributed by atoms with E-state index in [1.54, 1.807) is 24.3 Å². The number of hydrogen-bond donors (Lipinski definition) is 6. The molecule has 12 heteroatoms. The van der Waals surface area contributed by atoms with Gasteiger partial charge in [0, 0.05) is 13.1 Å². The van der Waals surface area contributed by atoms with Crippen molar-refractivity contribution in [2.45, 2.75) is 13.1 Å². The Morgan fingerprint density at radius 2 is 1.55 bits per heavy atom. The lowest BCUT2D eigenvalue weighted by Gasteiger charge is -2.12. The van der Waals surface area contributed by atoms with E-state index in [4.69, 9.17) is 5.73 Å². The summed E-state index contributed by atoms with van der Waals surface area (Å²) in [6, 6.07) is 6.96. The zero-order valence-corrected chi connectivity index (χ0v) is 14.8. The molecular formula is C17H16N6O6. The Hall–Kier alpha value is -4.35. The zero-order chi connectivity index (χ0) is 21.0. The van der Waals surface area contributed by atoms with Crippen LogP contribution in [0.25, 0.3) is 0 Å². The number of H-pyrrole nitrogens is 3. The number of aromatic nitrogens is 3. The standard InChI is InChI=1S/C17H16N6O6/c18-11-12(22-16(27)23-14(11)25)15(26)20-6-9-4-2-1-3-8(9)5-19-13(24)10-7-29-17(28)21-10/h1-4,7H,5-6,18H2,(H,19,24)(H,20,26)(H,21,28)(H2,22,23,25,27). The van der Waals surface area contributed by atoms with E-state index in [1.807, 2.05) is 4.98 Å². The number of oxazole rings is 1. The summed E-state index contributed by atoms with van der Waals surface area (Å²) in [5.74, 6) is -2.01. The first kappa shape index (κ1) is 19.4. The number of benzene rings is 1. The van der Waals surface area contributed by atoms with Crippen LogP contribution in [0.5, 0.6) is 0 Å². The summed E-state index contributed by atoms with van der Waals surface area (Å²) in [4.78, 5) is 64.4. The largest absolute Gasteiger partial charge is 0.416 e. The number of carbonyl (C=O) groups excluding carboxylic acids is 2. The van der Waals surface area contributed by atoms with Crippen molar-refractivity contribution in [3.63, 3.8) is 0 Å². The Labute approximate surface area is 161 Å². The van der Waals surface area contributed by atoms with Crippen LogP contribution in [0, 0.1) is 0 Å². The molecule has 2 aromatic heterocycles. The molecule has 0 aliphatic carbocycles. The molecule has 150 valence electrons. The van der Waals surface area contributed by atoms with Crippen LogP contribution in [0.4, 0.5) is 5.69 Å². The molecule has 12 nitrogen and oxygen atoms in total. The summed E-state index contributed by atoms with van der Waals surface area (Å²) in [7, 11) is 0. The molecule has 0 unspecified atom stereocenters. The SMILES string of the molecule is Nc1c(C(=O)NCc2ccccc2CNC(=O)c2coc(=O)[nH]2)[nH]c(=O)[nH]c1=O. The van der Waals surface area contributed by atoms with Gasteiger partial charge in [0.25, 0.3) is 17.4 Å². The average Bonchev–Trinajstić information content (AvgIpc) is 3.14. The van der Waals surface area contributed by atoms with Gasteiger partial charge in [-0.25, -0.2) is 9.59 Å². The fourth-order valence-corrected chi connectivity index (χ4v) is 2.50. The molecule has 0 aliphatic heterocycles. The minimum Gasteiger partial charge on any atom is -0.416 e. The number of aromatic amines is 3. The Morgan fingerprint density at radius 3 is 2.14 bits per heavy atom. The molecular weight excluding hydrogens is 384 g/mol. The molecule has 0 radical (unpaired) electrons. The second-order valence-electron chi connectivity index (χ2n) is 5.89. The van der Waals surface area contributed by atoms with E-state index in [9.17, 15) is 24.0 Å². The highest BCUT2D eigenvalue weighted by Gasteiger charge is 2.15. The van der Waals surface area contributed by atoms with Gasteiger partial charge in [0.05, 0.1) is 0 Å². The molecule has 3 rings (SSSR count). The van der Waals surface area contributed by atoms with Crippen LogP contribution >= 0.6 is 0 Å². The number of nitrogens with one attached hydrogen (secondary N) is 5. The van der Waals surface area contributed by atoms with Crippen molar-refractivity contribution in [2.24, 2.45) is 0 Å². The molecule has 0 saturated heterocycles. The summed E-state index contributed by atoms with van der Waals surface area (Å²) >= 11 is 0. The highest BCUT2D eigenvalue weighted by Crippen LogP contribution is 2.09. The van der Waals surface area contributed by atoms with Crippen molar-refractivity contribution >= 4 is 17.5 Å². The lowest BCUT2D eigenvalue weighted by Crippen LogP contribution is -2.33. The normalized spacial score (nSPS) is 10.5. The second kappa shape index (κ2) is 8.12. The maximum Gasteiger partial charge on any atom is 0.416 e. The summed E-state index contributed by atoms with van der Waals surface area (Å²) < 4.78 is 4.52. The summed E-state index contributed by atoms with van der Waals surface area (Å²) in [6.45, 7) is 0.157. The summed E-state index contributed by atoms with van der Waals surface area (Å²) in [5.41, 5.74) is 4.42. The topological polar surface area (TPSA) is 196 Å². The fourth-order valence-electron chi connectivity index (χ4n) is 2.50. The molecule has 0 bridgehead atoms. The van der Waals surface area contributed by atoms with Gasteiger partial charge < -0.3 is 25.8 Å². The van der Waals surface area contributed by atoms with Crippen LogP contribution in [-0.2, 0) is 13.1 Å². The first-order chi connectivity index (χ1) is 13.8. The van der Waals surface area contributed by atoms with Crippen LogP contribution in [0.1, 0.15) is 32.1 Å². The zero-order valence-electron chi connectivity index (χ0n) is 14.8. The predicted octanol–water partition coefficient (Wildman–Crippen LogP) is -1.21. The number of amides is 2. The Balaban J connectivity index is 1.69. The summed E-state index contributed by atoms with van der Waals surface area (Å²) in [5, 5.41) is 5.17. The Morgan fingerprint density at radius 1 is 0.931 bits per heavy atom. The van der Waals surface area contributed by atoms with E-state index in [-0.39, 0.29) is 24.5 Å². The van der Waals surface area contributed by atoms with Crippen molar-refractivity contribution in [2.75, 3.05) is 5.73 Å². The molecule has 0 atom stereocenters. The lowest BCUT2D eigenvalue weighted by atomic mass is 10.1. The molecule has 7 N–H and O–H groups in total. The van der Waals surface area contributed by atoms with Gasteiger partial charge in [-0.15, -0.1) is 0 Å². The van der Waals surface area contributed by atoms with Gasteiger partial charge >= 0.3 is 11.4 Å². The first-order valence-corrected chi connectivity index (χ1v) is 8.28. The van der Waals surface area contributed by atoms with Crippen LogP contribution in [0.2, 0.25) is 0 Å². The van der Waals surface area contributed by atoms with Gasteiger partial charge in [-0.05, 0) is 11.1 Å². The maximum atomic E-state index is 12.3. The van der Waals surface area contributed by atoms with Gasteiger partial charge in [-0.2, -0.15) is 0 Å². The number of carbonyl (C=O) groups is 2. The van der Waals surface area contributed by atoms with Gasteiger partial charge in [0.1, 0.15) is 23.3 Å². The van der Waals surface area contributed by atoms with Crippen LogP contribution < -0.4 is 33.4 Å². The smallest absolute Gasteiger partial charge is 0.416 e. The molecule has 0 aliphatic rings. The van der Waals surface area contributed by atoms with Crippen molar-refractivity contribution in [3.8, 4) is 0 Å². The van der Waals surface area contributed by atoms with Crippen LogP contribution in [-0.4, -0.2) is 26.8 Å². The number of hydrogen-bond acceptors (Lipinski definition) is 7. The van der Waals surface area contributed by atoms with Gasteiger partial charge in [-0.3, -0.25) is 24.4 Å². The molecule has 3 aromatic rings. The minimum absolute atomic E-state index is 0.0190. The molecule has 29 heavy (non-hydrogen) atoms. The lowest BCUT2D eigenvalue weighted by molar-refractivity contribution is 0.0935. The third-order valence-electron chi connectivity index (χ3n) is 3.97. The highest BCUT2D eigenvalue weighted by molar-refractivity contribution is 5.96. The molecule has 0 saturated carbocycles.